The molecule has 0 aromatic heterocycles. The van der Waals surface area contributed by atoms with E-state index in [1.807, 2.05) is 0 Å². The summed E-state index contributed by atoms with van der Waals surface area (Å²) in [7, 11) is 1.54. The third-order valence-corrected chi connectivity index (χ3v) is 2.78. The van der Waals surface area contributed by atoms with E-state index in [0.29, 0.717) is 17.0 Å². The van der Waals surface area contributed by atoms with E-state index in [2.05, 4.69) is 5.32 Å². The second-order valence-corrected chi connectivity index (χ2v) is 4.20. The molecular weight excluding hydrogens is 276 g/mol. The third kappa shape index (κ3) is 3.89. The smallest absolute Gasteiger partial charge is 0.187 e. The van der Waals surface area contributed by atoms with E-state index in [1.165, 1.54) is 18.3 Å². The lowest BCUT2D eigenvalue weighted by atomic mass is 10.1. The van der Waals surface area contributed by atoms with Gasteiger partial charge < -0.3 is 10.1 Å². The van der Waals surface area contributed by atoms with Crippen LogP contribution in [0, 0.1) is 11.6 Å². The summed E-state index contributed by atoms with van der Waals surface area (Å²) in [4.78, 5) is 11.9. The molecule has 2 aromatic rings. The first-order valence-corrected chi connectivity index (χ1v) is 6.16. The Bertz CT molecular complexity index is 666. The Balaban J connectivity index is 1.99. The number of hydrogen-bond donors (Lipinski definition) is 1. The molecule has 0 aliphatic rings. The molecule has 21 heavy (non-hydrogen) atoms. The van der Waals surface area contributed by atoms with Gasteiger partial charge in [0, 0.05) is 29.6 Å². The molecule has 1 N–H and O–H groups in total. The number of anilines is 1. The van der Waals surface area contributed by atoms with Gasteiger partial charge in [-0.05, 0) is 36.4 Å². The van der Waals surface area contributed by atoms with Gasteiger partial charge in [0.25, 0.3) is 0 Å². The zero-order valence-electron chi connectivity index (χ0n) is 11.3. The molecule has 0 fully saturated rings. The molecule has 0 saturated heterocycles. The van der Waals surface area contributed by atoms with Gasteiger partial charge in [0.2, 0.25) is 0 Å². The summed E-state index contributed by atoms with van der Waals surface area (Å²) in [6, 6.07) is 10.1. The lowest BCUT2D eigenvalue weighted by Crippen LogP contribution is -1.97. The van der Waals surface area contributed by atoms with Gasteiger partial charge in [-0.3, -0.25) is 4.79 Å². The molecule has 2 aromatic carbocycles. The number of ether oxygens (including phenoxy) is 1. The molecule has 0 unspecified atom stereocenters. The molecule has 108 valence electrons. The zero-order valence-corrected chi connectivity index (χ0v) is 11.3. The van der Waals surface area contributed by atoms with E-state index in [0.717, 1.165) is 12.1 Å². The molecule has 0 spiro atoms. The van der Waals surface area contributed by atoms with Crippen LogP contribution in [0.1, 0.15) is 10.4 Å². The number of carbonyl (C=O) groups excluding carboxylic acids is 1. The van der Waals surface area contributed by atoms with E-state index < -0.39 is 11.6 Å². The van der Waals surface area contributed by atoms with E-state index in [-0.39, 0.29) is 5.78 Å². The molecule has 2 rings (SSSR count). The minimum Gasteiger partial charge on any atom is -0.497 e. The average Bonchev–Trinajstić information content (AvgIpc) is 2.51. The maximum Gasteiger partial charge on any atom is 0.187 e. The van der Waals surface area contributed by atoms with Crippen LogP contribution < -0.4 is 10.1 Å². The van der Waals surface area contributed by atoms with Crippen LogP contribution in [0.5, 0.6) is 5.75 Å². The topological polar surface area (TPSA) is 38.3 Å². The van der Waals surface area contributed by atoms with Gasteiger partial charge in [-0.2, -0.15) is 0 Å². The van der Waals surface area contributed by atoms with Crippen molar-refractivity contribution in [2.75, 3.05) is 12.4 Å². The minimum atomic E-state index is -0.949. The Morgan fingerprint density at radius 1 is 1.10 bits per heavy atom. The number of nitrogens with one attached hydrogen (secondary N) is 1. The minimum absolute atomic E-state index is 0.215. The summed E-state index contributed by atoms with van der Waals surface area (Å²) >= 11 is 0. The van der Waals surface area contributed by atoms with Crippen molar-refractivity contribution in [1.82, 2.24) is 0 Å². The Kier molecular flexibility index (Phi) is 4.66. The van der Waals surface area contributed by atoms with E-state index >= 15 is 0 Å². The van der Waals surface area contributed by atoms with Gasteiger partial charge in [-0.25, -0.2) is 8.78 Å². The van der Waals surface area contributed by atoms with Crippen molar-refractivity contribution in [3.8, 4) is 5.75 Å². The highest BCUT2D eigenvalue weighted by atomic mass is 19.2. The number of halogens is 2. The molecule has 5 heteroatoms. The van der Waals surface area contributed by atoms with Gasteiger partial charge in [-0.1, -0.05) is 0 Å². The van der Waals surface area contributed by atoms with Gasteiger partial charge in [0.05, 0.1) is 7.11 Å². The first-order chi connectivity index (χ1) is 10.1. The Labute approximate surface area is 120 Å². The van der Waals surface area contributed by atoms with Crippen molar-refractivity contribution >= 4 is 11.5 Å². The van der Waals surface area contributed by atoms with Crippen molar-refractivity contribution in [2.45, 2.75) is 0 Å². The number of rotatable bonds is 5. The maximum absolute atomic E-state index is 13.0. The molecule has 0 bridgehead atoms. The molecule has 3 nitrogen and oxygen atoms in total. The zero-order chi connectivity index (χ0) is 15.2. The largest absolute Gasteiger partial charge is 0.497 e. The Morgan fingerprint density at radius 3 is 2.43 bits per heavy atom. The number of ketones is 1. The number of carbonyl (C=O) groups is 1. The molecule has 0 aliphatic heterocycles. The summed E-state index contributed by atoms with van der Waals surface area (Å²) in [5, 5.41) is 2.70. The quantitative estimate of drug-likeness (QED) is 0.672. The summed E-state index contributed by atoms with van der Waals surface area (Å²) in [5.74, 6) is -1.42. The van der Waals surface area contributed by atoms with Crippen molar-refractivity contribution in [3.63, 3.8) is 0 Å². The van der Waals surface area contributed by atoms with Crippen LogP contribution in [-0.4, -0.2) is 12.9 Å². The predicted octanol–water partition coefficient (Wildman–Crippen LogP) is 3.78. The number of allylic oxidation sites excluding steroid dienone is 1. The molecule has 0 heterocycles. The highest BCUT2D eigenvalue weighted by Gasteiger charge is 2.03. The van der Waals surface area contributed by atoms with Crippen molar-refractivity contribution in [2.24, 2.45) is 0 Å². The average molecular weight is 289 g/mol. The normalized spacial score (nSPS) is 10.6. The first-order valence-electron chi connectivity index (χ1n) is 6.16. The van der Waals surface area contributed by atoms with Crippen LogP contribution >= 0.6 is 0 Å². The van der Waals surface area contributed by atoms with Crippen LogP contribution in [0.15, 0.2) is 54.7 Å². The summed E-state index contributed by atoms with van der Waals surface area (Å²) in [6.07, 6.45) is 2.68. The standard InChI is InChI=1S/C16H13F2NO2/c1-21-13-5-2-11(3-6-13)16(20)8-9-19-12-4-7-14(17)15(18)10-12/h2-10,19H,1H3. The van der Waals surface area contributed by atoms with Gasteiger partial charge in [0.1, 0.15) is 5.75 Å². The molecule has 0 atom stereocenters. The van der Waals surface area contributed by atoms with Crippen molar-refractivity contribution < 1.29 is 18.3 Å². The molecule has 0 aliphatic carbocycles. The Hall–Kier alpha value is -2.69. The molecular formula is C16H13F2NO2. The summed E-state index contributed by atoms with van der Waals surface area (Å²) in [5.41, 5.74) is 0.854. The lowest BCUT2D eigenvalue weighted by Gasteiger charge is -2.02. The fourth-order valence-corrected chi connectivity index (χ4v) is 1.65. The third-order valence-electron chi connectivity index (χ3n) is 2.78. The van der Waals surface area contributed by atoms with Crippen LogP contribution in [0.25, 0.3) is 0 Å². The highest BCUT2D eigenvalue weighted by Crippen LogP contribution is 2.14. The second kappa shape index (κ2) is 6.65. The lowest BCUT2D eigenvalue weighted by molar-refractivity contribution is 0.104. The van der Waals surface area contributed by atoms with Crippen LogP contribution in [0.2, 0.25) is 0 Å². The van der Waals surface area contributed by atoms with Crippen LogP contribution in [0.4, 0.5) is 14.5 Å². The first kappa shape index (κ1) is 14.7. The summed E-state index contributed by atoms with van der Waals surface area (Å²) < 4.78 is 30.7. The second-order valence-electron chi connectivity index (χ2n) is 4.20. The number of methoxy groups -OCH3 is 1. The fraction of sp³-hybridized carbons (Fsp3) is 0.0625. The maximum atomic E-state index is 13.0. The van der Waals surface area contributed by atoms with Gasteiger partial charge >= 0.3 is 0 Å². The highest BCUT2D eigenvalue weighted by molar-refractivity contribution is 6.04. The van der Waals surface area contributed by atoms with Crippen LogP contribution in [0.3, 0.4) is 0 Å². The monoisotopic (exact) mass is 289 g/mol. The predicted molar refractivity (Wildman–Crippen MR) is 76.4 cm³/mol. The summed E-state index contributed by atoms with van der Waals surface area (Å²) in [6.45, 7) is 0. The van der Waals surface area contributed by atoms with Gasteiger partial charge in [0.15, 0.2) is 17.4 Å². The number of benzene rings is 2. The number of hydrogen-bond acceptors (Lipinski definition) is 3. The molecule has 0 radical (unpaired) electrons. The SMILES string of the molecule is COc1ccc(C(=O)C=CNc2ccc(F)c(F)c2)cc1. The van der Waals surface area contributed by atoms with E-state index in [9.17, 15) is 13.6 Å². The van der Waals surface area contributed by atoms with E-state index in [1.54, 1.807) is 31.4 Å². The molecule has 0 amide bonds. The van der Waals surface area contributed by atoms with Crippen molar-refractivity contribution in [3.05, 3.63) is 71.9 Å². The Morgan fingerprint density at radius 2 is 1.81 bits per heavy atom. The van der Waals surface area contributed by atoms with E-state index in [4.69, 9.17) is 4.74 Å². The van der Waals surface area contributed by atoms with Gasteiger partial charge in [-0.15, -0.1) is 0 Å². The van der Waals surface area contributed by atoms with Crippen LogP contribution in [-0.2, 0) is 0 Å². The molecule has 0 saturated carbocycles. The fourth-order valence-electron chi connectivity index (χ4n) is 1.65. The van der Waals surface area contributed by atoms with Crippen molar-refractivity contribution in [1.29, 1.82) is 0 Å².